The van der Waals surface area contributed by atoms with Gasteiger partial charge in [-0.2, -0.15) is 0 Å². The van der Waals surface area contributed by atoms with E-state index in [-0.39, 0.29) is 0 Å². The highest BCUT2D eigenvalue weighted by Crippen LogP contribution is 2.35. The second kappa shape index (κ2) is 5.90. The minimum absolute atomic E-state index is 0.343. The third kappa shape index (κ3) is 2.81. The van der Waals surface area contributed by atoms with E-state index in [1.165, 1.54) is 5.56 Å². The molecule has 0 fully saturated rings. The van der Waals surface area contributed by atoms with Gasteiger partial charge in [0.15, 0.2) is 0 Å². The van der Waals surface area contributed by atoms with Crippen LogP contribution in [0.1, 0.15) is 28.8 Å². The largest absolute Gasteiger partial charge is 0.478 e. The Bertz CT molecular complexity index is 684. The van der Waals surface area contributed by atoms with Gasteiger partial charge in [0.25, 0.3) is 0 Å². The van der Waals surface area contributed by atoms with Gasteiger partial charge in [0, 0.05) is 16.7 Å². The Hall–Kier alpha value is -1.81. The molecule has 2 aromatic carbocycles. The summed E-state index contributed by atoms with van der Waals surface area (Å²) in [5.74, 6) is -0.890. The van der Waals surface area contributed by atoms with Crippen molar-refractivity contribution in [2.45, 2.75) is 19.3 Å². The molecule has 0 atom stereocenters. The van der Waals surface area contributed by atoms with E-state index >= 15 is 0 Å². The Labute approximate surface area is 132 Å². The Morgan fingerprint density at radius 3 is 2.71 bits per heavy atom. The van der Waals surface area contributed by atoms with E-state index in [2.05, 4.69) is 33.0 Å². The number of fused-ring (bicyclic) bond motifs is 1. The van der Waals surface area contributed by atoms with Crippen molar-refractivity contribution in [2.24, 2.45) is 0 Å². The Kier molecular flexibility index (Phi) is 3.97. The maximum Gasteiger partial charge on any atom is 0.337 e. The predicted molar refractivity (Wildman–Crippen MR) is 87.5 cm³/mol. The summed E-state index contributed by atoms with van der Waals surface area (Å²) in [5, 5.41) is 9.46. The SMILES string of the molecule is O=C(O)c1ccc(Br)cc1N1CCCCc2ccccc21. The summed E-state index contributed by atoms with van der Waals surface area (Å²) in [6, 6.07) is 13.6. The third-order valence-electron chi connectivity index (χ3n) is 3.84. The van der Waals surface area contributed by atoms with E-state index in [1.54, 1.807) is 12.1 Å². The number of carbonyl (C=O) groups is 1. The Morgan fingerprint density at radius 1 is 1.10 bits per heavy atom. The maximum atomic E-state index is 11.5. The fourth-order valence-corrected chi connectivity index (χ4v) is 3.20. The zero-order chi connectivity index (χ0) is 14.8. The van der Waals surface area contributed by atoms with Crippen LogP contribution >= 0.6 is 15.9 Å². The standard InChI is InChI=1S/C17H16BrNO2/c18-13-8-9-14(17(20)21)16(11-13)19-10-4-3-6-12-5-1-2-7-15(12)19/h1-2,5,7-9,11H,3-4,6,10H2,(H,20,21). The second-order valence-electron chi connectivity index (χ2n) is 5.20. The summed E-state index contributed by atoms with van der Waals surface area (Å²) in [6.45, 7) is 0.841. The van der Waals surface area contributed by atoms with Crippen LogP contribution in [0.25, 0.3) is 0 Å². The molecule has 4 heteroatoms. The second-order valence-corrected chi connectivity index (χ2v) is 6.12. The van der Waals surface area contributed by atoms with Crippen molar-refractivity contribution in [3.63, 3.8) is 0 Å². The van der Waals surface area contributed by atoms with E-state index in [0.717, 1.165) is 41.7 Å². The summed E-state index contributed by atoms with van der Waals surface area (Å²) in [7, 11) is 0. The number of hydrogen-bond donors (Lipinski definition) is 1. The van der Waals surface area contributed by atoms with Crippen LogP contribution in [0, 0.1) is 0 Å². The van der Waals surface area contributed by atoms with Gasteiger partial charge in [0.2, 0.25) is 0 Å². The molecule has 21 heavy (non-hydrogen) atoms. The molecule has 0 aromatic heterocycles. The lowest BCUT2D eigenvalue weighted by molar-refractivity contribution is 0.0697. The quantitative estimate of drug-likeness (QED) is 0.863. The number of anilines is 2. The smallest absolute Gasteiger partial charge is 0.337 e. The zero-order valence-electron chi connectivity index (χ0n) is 11.6. The van der Waals surface area contributed by atoms with Crippen LogP contribution in [0.2, 0.25) is 0 Å². The first-order valence-electron chi connectivity index (χ1n) is 7.05. The third-order valence-corrected chi connectivity index (χ3v) is 4.33. The molecule has 0 saturated carbocycles. The van der Waals surface area contributed by atoms with E-state index in [9.17, 15) is 9.90 Å². The summed E-state index contributed by atoms with van der Waals surface area (Å²) >= 11 is 3.45. The van der Waals surface area contributed by atoms with E-state index < -0.39 is 5.97 Å². The number of carboxylic acid groups (broad SMARTS) is 1. The molecule has 0 spiro atoms. The van der Waals surface area contributed by atoms with Crippen molar-refractivity contribution in [3.05, 3.63) is 58.1 Å². The van der Waals surface area contributed by atoms with Gasteiger partial charge in [0.05, 0.1) is 11.3 Å². The fourth-order valence-electron chi connectivity index (χ4n) is 2.85. The minimum atomic E-state index is -0.890. The van der Waals surface area contributed by atoms with Crippen molar-refractivity contribution in [3.8, 4) is 0 Å². The molecule has 0 aliphatic carbocycles. The molecule has 1 N–H and O–H groups in total. The number of halogens is 1. The van der Waals surface area contributed by atoms with Gasteiger partial charge in [-0.25, -0.2) is 4.79 Å². The van der Waals surface area contributed by atoms with Crippen molar-refractivity contribution in [1.82, 2.24) is 0 Å². The molecule has 0 saturated heterocycles. The molecular formula is C17H16BrNO2. The lowest BCUT2D eigenvalue weighted by Gasteiger charge is -2.26. The first kappa shape index (κ1) is 14.1. The van der Waals surface area contributed by atoms with Crippen LogP contribution < -0.4 is 4.90 Å². The molecule has 0 unspecified atom stereocenters. The van der Waals surface area contributed by atoms with E-state index in [0.29, 0.717) is 5.56 Å². The van der Waals surface area contributed by atoms with Crippen molar-refractivity contribution >= 4 is 33.3 Å². The molecule has 0 radical (unpaired) electrons. The predicted octanol–water partition coefficient (Wildman–Crippen LogP) is 4.62. The van der Waals surface area contributed by atoms with E-state index in [1.807, 2.05) is 18.2 Å². The van der Waals surface area contributed by atoms with Crippen molar-refractivity contribution in [2.75, 3.05) is 11.4 Å². The van der Waals surface area contributed by atoms with Gasteiger partial charge in [-0.15, -0.1) is 0 Å². The Balaban J connectivity index is 2.16. The highest BCUT2D eigenvalue weighted by atomic mass is 79.9. The van der Waals surface area contributed by atoms with Crippen LogP contribution in [0.3, 0.4) is 0 Å². The average molecular weight is 346 g/mol. The summed E-state index contributed by atoms with van der Waals surface area (Å²) in [5.41, 5.74) is 3.50. The van der Waals surface area contributed by atoms with Gasteiger partial charge in [0.1, 0.15) is 0 Å². The number of nitrogens with zero attached hydrogens (tertiary/aromatic N) is 1. The van der Waals surface area contributed by atoms with Gasteiger partial charge >= 0.3 is 5.97 Å². The van der Waals surface area contributed by atoms with Gasteiger partial charge < -0.3 is 10.0 Å². The highest BCUT2D eigenvalue weighted by molar-refractivity contribution is 9.10. The molecule has 3 rings (SSSR count). The monoisotopic (exact) mass is 345 g/mol. The molecule has 2 aromatic rings. The van der Waals surface area contributed by atoms with Crippen molar-refractivity contribution in [1.29, 1.82) is 0 Å². The maximum absolute atomic E-state index is 11.5. The topological polar surface area (TPSA) is 40.5 Å². The molecule has 3 nitrogen and oxygen atoms in total. The van der Waals surface area contributed by atoms with Gasteiger partial charge in [-0.05, 0) is 49.1 Å². The summed E-state index contributed by atoms with van der Waals surface area (Å²) in [4.78, 5) is 13.7. The molecule has 108 valence electrons. The van der Waals surface area contributed by atoms with Crippen LogP contribution in [0.15, 0.2) is 46.9 Å². The van der Waals surface area contributed by atoms with Crippen molar-refractivity contribution < 1.29 is 9.90 Å². The summed E-state index contributed by atoms with van der Waals surface area (Å²) < 4.78 is 0.893. The number of benzene rings is 2. The van der Waals surface area contributed by atoms with Gasteiger partial charge in [-0.3, -0.25) is 0 Å². The molecule has 1 heterocycles. The van der Waals surface area contributed by atoms with Gasteiger partial charge in [-0.1, -0.05) is 34.1 Å². The number of aryl methyl sites for hydroxylation is 1. The van der Waals surface area contributed by atoms with E-state index in [4.69, 9.17) is 0 Å². The van der Waals surface area contributed by atoms with Crippen LogP contribution in [-0.4, -0.2) is 17.6 Å². The molecule has 1 aliphatic rings. The highest BCUT2D eigenvalue weighted by Gasteiger charge is 2.21. The summed E-state index contributed by atoms with van der Waals surface area (Å²) in [6.07, 6.45) is 3.23. The molecular weight excluding hydrogens is 330 g/mol. The number of rotatable bonds is 2. The average Bonchev–Trinajstić information content (AvgIpc) is 2.69. The van der Waals surface area contributed by atoms with Crippen LogP contribution in [-0.2, 0) is 6.42 Å². The number of carboxylic acids is 1. The molecule has 0 bridgehead atoms. The zero-order valence-corrected chi connectivity index (χ0v) is 13.1. The number of hydrogen-bond acceptors (Lipinski definition) is 2. The number of para-hydroxylation sites is 1. The molecule has 1 aliphatic heterocycles. The van der Waals surface area contributed by atoms with Crippen LogP contribution in [0.5, 0.6) is 0 Å². The normalized spacial score (nSPS) is 14.4. The Morgan fingerprint density at radius 2 is 1.90 bits per heavy atom. The molecule has 0 amide bonds. The minimum Gasteiger partial charge on any atom is -0.478 e. The fraction of sp³-hybridized carbons (Fsp3) is 0.235. The lowest BCUT2D eigenvalue weighted by atomic mass is 10.1. The first-order chi connectivity index (χ1) is 10.2. The number of aromatic carboxylic acids is 1. The first-order valence-corrected chi connectivity index (χ1v) is 7.84. The lowest BCUT2D eigenvalue weighted by Crippen LogP contribution is -2.20. The van der Waals surface area contributed by atoms with Crippen LogP contribution in [0.4, 0.5) is 11.4 Å².